The molecule has 0 aliphatic heterocycles. The van der Waals surface area contributed by atoms with E-state index in [0.29, 0.717) is 6.54 Å². The van der Waals surface area contributed by atoms with Crippen molar-refractivity contribution < 1.29 is 9.90 Å². The molecule has 11 heavy (non-hydrogen) atoms. The minimum Gasteiger partial charge on any atom is -0.480 e. The zero-order valence-corrected chi connectivity index (χ0v) is 6.42. The molecule has 1 aliphatic rings. The first-order chi connectivity index (χ1) is 5.20. The lowest BCUT2D eigenvalue weighted by atomic mass is 10.3. The van der Waals surface area contributed by atoms with E-state index in [0.717, 1.165) is 12.5 Å². The number of carbonyl (C=O) groups is 1. The fourth-order valence-corrected chi connectivity index (χ4v) is 0.852. The molecule has 1 saturated carbocycles. The van der Waals surface area contributed by atoms with Gasteiger partial charge >= 0.3 is 5.97 Å². The summed E-state index contributed by atoms with van der Waals surface area (Å²) in [4.78, 5) is 10.2. The van der Waals surface area contributed by atoms with E-state index in [1.54, 1.807) is 0 Å². The Bertz CT molecular complexity index is 145. The van der Waals surface area contributed by atoms with Crippen molar-refractivity contribution in [2.45, 2.75) is 18.9 Å². The van der Waals surface area contributed by atoms with Crippen molar-refractivity contribution in [3.05, 3.63) is 0 Å². The molecular formula is C7H14N2O2. The maximum absolute atomic E-state index is 10.2. The van der Waals surface area contributed by atoms with E-state index in [1.165, 1.54) is 12.8 Å². The second-order valence-electron chi connectivity index (χ2n) is 3.05. The first kappa shape index (κ1) is 8.49. The molecule has 4 N–H and O–H groups in total. The van der Waals surface area contributed by atoms with Crippen LogP contribution in [0, 0.1) is 5.92 Å². The van der Waals surface area contributed by atoms with Crippen LogP contribution in [0.1, 0.15) is 12.8 Å². The molecule has 0 saturated heterocycles. The highest BCUT2D eigenvalue weighted by Crippen LogP contribution is 2.27. The van der Waals surface area contributed by atoms with Crippen molar-refractivity contribution >= 4 is 5.97 Å². The largest absolute Gasteiger partial charge is 0.480 e. The number of nitrogens with one attached hydrogen (secondary N) is 1. The summed E-state index contributed by atoms with van der Waals surface area (Å²) in [5.41, 5.74) is 5.26. The Morgan fingerprint density at radius 2 is 2.36 bits per heavy atom. The van der Waals surface area contributed by atoms with E-state index in [4.69, 9.17) is 10.8 Å². The SMILES string of the molecule is NC(CNCC1CC1)C(=O)O. The van der Waals surface area contributed by atoms with Gasteiger partial charge in [0.2, 0.25) is 0 Å². The van der Waals surface area contributed by atoms with Crippen LogP contribution in [0.5, 0.6) is 0 Å². The lowest BCUT2D eigenvalue weighted by Crippen LogP contribution is -2.40. The standard InChI is InChI=1S/C7H14N2O2/c8-6(7(10)11)4-9-3-5-1-2-5/h5-6,9H,1-4,8H2,(H,10,11). The fraction of sp³-hybridized carbons (Fsp3) is 0.857. The third-order valence-electron chi connectivity index (χ3n) is 1.81. The summed E-state index contributed by atoms with van der Waals surface area (Å²) in [6, 6.07) is -0.756. The van der Waals surface area contributed by atoms with E-state index in [1.807, 2.05) is 0 Å². The van der Waals surface area contributed by atoms with Gasteiger partial charge in [-0.3, -0.25) is 4.79 Å². The third-order valence-corrected chi connectivity index (χ3v) is 1.81. The maximum Gasteiger partial charge on any atom is 0.321 e. The quantitative estimate of drug-likeness (QED) is 0.499. The first-order valence-corrected chi connectivity index (χ1v) is 3.89. The Hall–Kier alpha value is -0.610. The van der Waals surface area contributed by atoms with Gasteiger partial charge in [0.25, 0.3) is 0 Å². The van der Waals surface area contributed by atoms with Crippen molar-refractivity contribution in [1.29, 1.82) is 0 Å². The van der Waals surface area contributed by atoms with Gasteiger partial charge < -0.3 is 16.2 Å². The molecule has 0 radical (unpaired) electrons. The predicted octanol–water partition coefficient (Wildman–Crippen LogP) is -0.602. The van der Waals surface area contributed by atoms with E-state index in [9.17, 15) is 4.79 Å². The molecule has 0 amide bonds. The molecular weight excluding hydrogens is 144 g/mol. The van der Waals surface area contributed by atoms with Crippen molar-refractivity contribution in [2.24, 2.45) is 11.7 Å². The van der Waals surface area contributed by atoms with Gasteiger partial charge in [-0.1, -0.05) is 0 Å². The zero-order valence-electron chi connectivity index (χ0n) is 6.42. The Morgan fingerprint density at radius 3 is 2.82 bits per heavy atom. The van der Waals surface area contributed by atoms with Crippen LogP contribution in [-0.2, 0) is 4.79 Å². The first-order valence-electron chi connectivity index (χ1n) is 3.89. The van der Waals surface area contributed by atoms with Crippen LogP contribution in [0.15, 0.2) is 0 Å². The molecule has 0 heterocycles. The van der Waals surface area contributed by atoms with E-state index in [-0.39, 0.29) is 0 Å². The van der Waals surface area contributed by atoms with Gasteiger partial charge in [0.05, 0.1) is 0 Å². The van der Waals surface area contributed by atoms with Gasteiger partial charge in [-0.15, -0.1) is 0 Å². The average Bonchev–Trinajstić information content (AvgIpc) is 2.71. The number of carboxylic acids is 1. The van der Waals surface area contributed by atoms with Gasteiger partial charge in [-0.2, -0.15) is 0 Å². The Kier molecular flexibility index (Phi) is 2.84. The van der Waals surface area contributed by atoms with Gasteiger partial charge in [0.1, 0.15) is 6.04 Å². The van der Waals surface area contributed by atoms with E-state index in [2.05, 4.69) is 5.32 Å². The Morgan fingerprint density at radius 1 is 1.73 bits per heavy atom. The molecule has 0 spiro atoms. The molecule has 1 aliphatic carbocycles. The molecule has 4 nitrogen and oxygen atoms in total. The Labute approximate surface area is 65.8 Å². The van der Waals surface area contributed by atoms with Crippen LogP contribution in [0.25, 0.3) is 0 Å². The highest BCUT2D eigenvalue weighted by Gasteiger charge is 2.21. The Balaban J connectivity index is 1.96. The summed E-state index contributed by atoms with van der Waals surface area (Å²) in [5.74, 6) is -0.163. The topological polar surface area (TPSA) is 75.3 Å². The summed E-state index contributed by atoms with van der Waals surface area (Å²) in [6.07, 6.45) is 2.55. The molecule has 1 fully saturated rings. The molecule has 64 valence electrons. The second-order valence-corrected chi connectivity index (χ2v) is 3.05. The van der Waals surface area contributed by atoms with Crippen LogP contribution in [-0.4, -0.2) is 30.2 Å². The number of rotatable bonds is 5. The van der Waals surface area contributed by atoms with Crippen LogP contribution in [0.3, 0.4) is 0 Å². The van der Waals surface area contributed by atoms with Crippen molar-refractivity contribution in [3.8, 4) is 0 Å². The van der Waals surface area contributed by atoms with Crippen molar-refractivity contribution in [2.75, 3.05) is 13.1 Å². The molecule has 1 unspecified atom stereocenters. The smallest absolute Gasteiger partial charge is 0.321 e. The van der Waals surface area contributed by atoms with Crippen LogP contribution in [0.2, 0.25) is 0 Å². The summed E-state index contributed by atoms with van der Waals surface area (Å²) in [7, 11) is 0. The van der Waals surface area contributed by atoms with Crippen LogP contribution >= 0.6 is 0 Å². The molecule has 0 bridgehead atoms. The van der Waals surface area contributed by atoms with Crippen molar-refractivity contribution in [3.63, 3.8) is 0 Å². The molecule has 0 aromatic carbocycles. The second kappa shape index (κ2) is 3.69. The number of carboxylic acid groups (broad SMARTS) is 1. The summed E-state index contributed by atoms with van der Waals surface area (Å²) in [5, 5.41) is 11.4. The number of nitrogens with two attached hydrogens (primary N) is 1. The highest BCUT2D eigenvalue weighted by molar-refractivity contribution is 5.73. The molecule has 4 heteroatoms. The summed E-state index contributed by atoms with van der Waals surface area (Å²) < 4.78 is 0. The van der Waals surface area contributed by atoms with Gasteiger partial charge in [-0.05, 0) is 25.3 Å². The van der Waals surface area contributed by atoms with Gasteiger partial charge in [0.15, 0.2) is 0 Å². The lowest BCUT2D eigenvalue weighted by Gasteiger charge is -2.06. The van der Waals surface area contributed by atoms with E-state index < -0.39 is 12.0 Å². The molecule has 1 atom stereocenters. The summed E-state index contributed by atoms with van der Waals surface area (Å²) >= 11 is 0. The minimum atomic E-state index is -0.937. The fourth-order valence-electron chi connectivity index (χ4n) is 0.852. The highest BCUT2D eigenvalue weighted by atomic mass is 16.4. The van der Waals surface area contributed by atoms with Crippen LogP contribution < -0.4 is 11.1 Å². The minimum absolute atomic E-state index is 0.381. The number of hydrogen-bond acceptors (Lipinski definition) is 3. The van der Waals surface area contributed by atoms with Crippen LogP contribution in [0.4, 0.5) is 0 Å². The number of aliphatic carboxylic acids is 1. The normalized spacial score (nSPS) is 19.7. The average molecular weight is 158 g/mol. The monoisotopic (exact) mass is 158 g/mol. The van der Waals surface area contributed by atoms with Gasteiger partial charge in [0, 0.05) is 6.54 Å². The maximum atomic E-state index is 10.2. The lowest BCUT2D eigenvalue weighted by molar-refractivity contribution is -0.138. The van der Waals surface area contributed by atoms with E-state index >= 15 is 0 Å². The zero-order chi connectivity index (χ0) is 8.27. The summed E-state index contributed by atoms with van der Waals surface area (Å²) in [6.45, 7) is 1.30. The molecule has 1 rings (SSSR count). The number of hydrogen-bond donors (Lipinski definition) is 3. The predicted molar refractivity (Wildman–Crippen MR) is 41.2 cm³/mol. The third kappa shape index (κ3) is 3.34. The van der Waals surface area contributed by atoms with Crippen molar-refractivity contribution in [1.82, 2.24) is 5.32 Å². The molecule has 0 aromatic heterocycles. The molecule has 0 aromatic rings. The van der Waals surface area contributed by atoms with Gasteiger partial charge in [-0.25, -0.2) is 0 Å².